The molecular formula is C10H24N2. The standard InChI is InChI=1S/C8H18N2.C2H6/c1-10-7-4-2-3-5-9-6-8-10;1-2/h9H,2-8H2,1H3;1-2H3. The number of nitrogens with one attached hydrogen (secondary N) is 1. The van der Waals surface area contributed by atoms with Crippen molar-refractivity contribution in [2.24, 2.45) is 0 Å². The lowest BCUT2D eigenvalue weighted by Gasteiger charge is -2.13. The first kappa shape index (κ1) is 11.9. The van der Waals surface area contributed by atoms with Crippen LogP contribution in [0.2, 0.25) is 0 Å². The highest BCUT2D eigenvalue weighted by Gasteiger charge is 1.99. The van der Waals surface area contributed by atoms with Gasteiger partial charge in [0.2, 0.25) is 0 Å². The van der Waals surface area contributed by atoms with Gasteiger partial charge in [0.05, 0.1) is 0 Å². The minimum atomic E-state index is 1.16. The first-order valence-electron chi connectivity index (χ1n) is 5.29. The fourth-order valence-corrected chi connectivity index (χ4v) is 1.32. The van der Waals surface area contributed by atoms with Gasteiger partial charge in [-0.05, 0) is 33.0 Å². The van der Waals surface area contributed by atoms with Crippen molar-refractivity contribution < 1.29 is 0 Å². The van der Waals surface area contributed by atoms with Crippen molar-refractivity contribution in [1.82, 2.24) is 10.2 Å². The summed E-state index contributed by atoms with van der Waals surface area (Å²) < 4.78 is 0. The SMILES string of the molecule is CC.CN1CCCCCNCC1. The molecule has 0 aromatic heterocycles. The maximum absolute atomic E-state index is 3.42. The molecule has 1 rings (SSSR count). The molecule has 0 saturated carbocycles. The molecule has 2 heteroatoms. The maximum atomic E-state index is 3.42. The van der Waals surface area contributed by atoms with Crippen LogP contribution in [0.4, 0.5) is 0 Å². The van der Waals surface area contributed by atoms with E-state index in [0.717, 1.165) is 6.54 Å². The van der Waals surface area contributed by atoms with Crippen LogP contribution in [-0.4, -0.2) is 38.1 Å². The van der Waals surface area contributed by atoms with Crippen LogP contribution >= 0.6 is 0 Å². The summed E-state index contributed by atoms with van der Waals surface area (Å²) in [6.45, 7) is 8.87. The van der Waals surface area contributed by atoms with E-state index < -0.39 is 0 Å². The Hall–Kier alpha value is -0.0800. The zero-order valence-electron chi connectivity index (χ0n) is 8.90. The molecule has 0 radical (unpaired) electrons. The molecule has 12 heavy (non-hydrogen) atoms. The summed E-state index contributed by atoms with van der Waals surface area (Å²) in [4.78, 5) is 2.40. The predicted molar refractivity (Wildman–Crippen MR) is 55.6 cm³/mol. The van der Waals surface area contributed by atoms with Crippen LogP contribution < -0.4 is 5.32 Å². The Morgan fingerprint density at radius 1 is 0.917 bits per heavy atom. The third-order valence-corrected chi connectivity index (χ3v) is 2.06. The Kier molecular flexibility index (Phi) is 8.95. The summed E-state index contributed by atoms with van der Waals surface area (Å²) in [5.74, 6) is 0. The average Bonchev–Trinajstić information content (AvgIpc) is 2.22. The van der Waals surface area contributed by atoms with E-state index in [9.17, 15) is 0 Å². The Bertz CT molecular complexity index is 73.9. The lowest BCUT2D eigenvalue weighted by Crippen LogP contribution is -2.28. The van der Waals surface area contributed by atoms with E-state index in [1.807, 2.05) is 13.8 Å². The number of nitrogens with zero attached hydrogens (tertiary/aromatic N) is 1. The van der Waals surface area contributed by atoms with Crippen LogP contribution in [0.25, 0.3) is 0 Å². The van der Waals surface area contributed by atoms with Crippen LogP contribution in [0.15, 0.2) is 0 Å². The van der Waals surface area contributed by atoms with E-state index in [4.69, 9.17) is 0 Å². The number of likely N-dealkylation sites (N-methyl/N-ethyl adjacent to an activating group) is 1. The van der Waals surface area contributed by atoms with Gasteiger partial charge >= 0.3 is 0 Å². The fourth-order valence-electron chi connectivity index (χ4n) is 1.32. The molecule has 0 amide bonds. The molecule has 74 valence electrons. The molecule has 0 spiro atoms. The van der Waals surface area contributed by atoms with Gasteiger partial charge in [-0.2, -0.15) is 0 Å². The van der Waals surface area contributed by atoms with Crippen molar-refractivity contribution in [2.45, 2.75) is 33.1 Å². The zero-order valence-corrected chi connectivity index (χ0v) is 8.90. The third kappa shape index (κ3) is 6.62. The molecule has 1 N–H and O–H groups in total. The first-order valence-corrected chi connectivity index (χ1v) is 5.29. The van der Waals surface area contributed by atoms with Crippen molar-refractivity contribution in [3.8, 4) is 0 Å². The van der Waals surface area contributed by atoms with Gasteiger partial charge in [-0.1, -0.05) is 20.3 Å². The minimum absolute atomic E-state index is 1.16. The molecule has 2 nitrogen and oxygen atoms in total. The van der Waals surface area contributed by atoms with E-state index >= 15 is 0 Å². The summed E-state index contributed by atoms with van der Waals surface area (Å²) in [5, 5.41) is 3.42. The molecule has 1 heterocycles. The van der Waals surface area contributed by atoms with E-state index in [-0.39, 0.29) is 0 Å². The minimum Gasteiger partial charge on any atom is -0.315 e. The van der Waals surface area contributed by atoms with Crippen molar-refractivity contribution in [3.63, 3.8) is 0 Å². The Morgan fingerprint density at radius 3 is 2.42 bits per heavy atom. The van der Waals surface area contributed by atoms with Crippen molar-refractivity contribution >= 4 is 0 Å². The Balaban J connectivity index is 0.000000561. The van der Waals surface area contributed by atoms with E-state index in [0.29, 0.717) is 0 Å². The maximum Gasteiger partial charge on any atom is 0.0104 e. The number of rotatable bonds is 0. The smallest absolute Gasteiger partial charge is 0.0104 e. The van der Waals surface area contributed by atoms with Crippen molar-refractivity contribution in [2.75, 3.05) is 33.2 Å². The molecule has 0 aliphatic carbocycles. The lowest BCUT2D eigenvalue weighted by molar-refractivity contribution is 0.334. The van der Waals surface area contributed by atoms with Crippen LogP contribution in [0.3, 0.4) is 0 Å². The second-order valence-electron chi connectivity index (χ2n) is 3.11. The highest BCUT2D eigenvalue weighted by molar-refractivity contribution is 4.59. The van der Waals surface area contributed by atoms with Crippen molar-refractivity contribution in [3.05, 3.63) is 0 Å². The normalized spacial score (nSPS) is 21.2. The molecule has 1 fully saturated rings. The number of hydrogen-bond acceptors (Lipinski definition) is 2. The van der Waals surface area contributed by atoms with Gasteiger partial charge in [0, 0.05) is 13.1 Å². The highest BCUT2D eigenvalue weighted by atomic mass is 15.1. The Labute approximate surface area is 77.3 Å². The van der Waals surface area contributed by atoms with Crippen LogP contribution in [0, 0.1) is 0 Å². The molecule has 1 aliphatic rings. The summed E-state index contributed by atoms with van der Waals surface area (Å²) in [5.41, 5.74) is 0. The van der Waals surface area contributed by atoms with Crippen LogP contribution in [0.1, 0.15) is 33.1 Å². The topological polar surface area (TPSA) is 15.3 Å². The second kappa shape index (κ2) is 9.01. The van der Waals surface area contributed by atoms with Gasteiger partial charge in [0.1, 0.15) is 0 Å². The van der Waals surface area contributed by atoms with E-state index in [1.54, 1.807) is 0 Å². The number of hydrogen-bond donors (Lipinski definition) is 1. The highest BCUT2D eigenvalue weighted by Crippen LogP contribution is 1.97. The molecule has 1 saturated heterocycles. The molecular weight excluding hydrogens is 148 g/mol. The van der Waals surface area contributed by atoms with Gasteiger partial charge < -0.3 is 10.2 Å². The monoisotopic (exact) mass is 172 g/mol. The van der Waals surface area contributed by atoms with Gasteiger partial charge in [-0.15, -0.1) is 0 Å². The second-order valence-corrected chi connectivity index (χ2v) is 3.11. The molecule has 0 aromatic rings. The van der Waals surface area contributed by atoms with Gasteiger partial charge in [0.25, 0.3) is 0 Å². The summed E-state index contributed by atoms with van der Waals surface area (Å²) in [6, 6.07) is 0. The zero-order chi connectivity index (χ0) is 9.23. The summed E-state index contributed by atoms with van der Waals surface area (Å²) >= 11 is 0. The molecule has 0 unspecified atom stereocenters. The van der Waals surface area contributed by atoms with Crippen molar-refractivity contribution in [1.29, 1.82) is 0 Å². The molecule has 1 aliphatic heterocycles. The average molecular weight is 172 g/mol. The quantitative estimate of drug-likeness (QED) is 0.598. The van der Waals surface area contributed by atoms with Gasteiger partial charge in [-0.25, -0.2) is 0 Å². The Morgan fingerprint density at radius 2 is 1.67 bits per heavy atom. The van der Waals surface area contributed by atoms with Gasteiger partial charge in [-0.3, -0.25) is 0 Å². The molecule has 0 atom stereocenters. The van der Waals surface area contributed by atoms with Crippen LogP contribution in [0.5, 0.6) is 0 Å². The van der Waals surface area contributed by atoms with Gasteiger partial charge in [0.15, 0.2) is 0 Å². The molecule has 0 bridgehead atoms. The summed E-state index contributed by atoms with van der Waals surface area (Å²) in [6.07, 6.45) is 4.11. The largest absolute Gasteiger partial charge is 0.315 e. The van der Waals surface area contributed by atoms with Crippen LogP contribution in [-0.2, 0) is 0 Å². The van der Waals surface area contributed by atoms with E-state index in [1.165, 1.54) is 38.9 Å². The summed E-state index contributed by atoms with van der Waals surface area (Å²) in [7, 11) is 2.20. The predicted octanol–water partition coefficient (Wildman–Crippen LogP) is 1.72. The third-order valence-electron chi connectivity index (χ3n) is 2.06. The lowest BCUT2D eigenvalue weighted by atomic mass is 10.2. The fraction of sp³-hybridized carbons (Fsp3) is 1.00. The molecule has 0 aromatic carbocycles. The van der Waals surface area contributed by atoms with E-state index in [2.05, 4.69) is 17.3 Å². The first-order chi connectivity index (χ1) is 5.89.